The third-order valence-corrected chi connectivity index (χ3v) is 6.07. The third kappa shape index (κ3) is 7.29. The smallest absolute Gasteiger partial charge is 0.262 e. The summed E-state index contributed by atoms with van der Waals surface area (Å²) in [5.74, 6) is 0.364. The topological polar surface area (TPSA) is 80.7 Å². The molecule has 2 aromatic rings. The van der Waals surface area contributed by atoms with Crippen molar-refractivity contribution in [3.8, 4) is 11.5 Å². The number of hydrogen-bond acceptors (Lipinski definition) is 6. The summed E-state index contributed by atoms with van der Waals surface area (Å²) in [7, 11) is 4.68. The number of halogens is 1. The Morgan fingerprint density at radius 3 is 2.38 bits per heavy atom. The number of hydrazone groups is 1. The van der Waals surface area contributed by atoms with Crippen LogP contribution in [0, 0.1) is 11.2 Å². The van der Waals surface area contributed by atoms with Gasteiger partial charge in [-0.05, 0) is 35.2 Å². The summed E-state index contributed by atoms with van der Waals surface area (Å²) in [6, 6.07) is 11.0. The van der Waals surface area contributed by atoms with Gasteiger partial charge in [-0.3, -0.25) is 9.59 Å². The number of methoxy groups -OCH3 is 3. The Morgan fingerprint density at radius 2 is 1.78 bits per heavy atom. The molecule has 0 bridgehead atoms. The second-order valence-electron chi connectivity index (χ2n) is 10.2. The predicted molar refractivity (Wildman–Crippen MR) is 139 cm³/mol. The fourth-order valence-corrected chi connectivity index (χ4v) is 4.18. The van der Waals surface area contributed by atoms with E-state index in [1.807, 2.05) is 26.8 Å². The summed E-state index contributed by atoms with van der Waals surface area (Å²) < 4.78 is 29.7. The molecule has 8 nitrogen and oxygen atoms in total. The maximum atomic E-state index is 13.7. The normalized spacial score (nSPS) is 15.4. The van der Waals surface area contributed by atoms with E-state index >= 15 is 0 Å². The van der Waals surface area contributed by atoms with Gasteiger partial charge < -0.3 is 19.1 Å². The molecule has 37 heavy (non-hydrogen) atoms. The lowest BCUT2D eigenvalue weighted by molar-refractivity contribution is -0.143. The first-order chi connectivity index (χ1) is 17.6. The summed E-state index contributed by atoms with van der Waals surface area (Å²) in [5.41, 5.74) is 1.88. The molecule has 0 spiro atoms. The Hall–Kier alpha value is -3.46. The van der Waals surface area contributed by atoms with Gasteiger partial charge in [-0.15, -0.1) is 0 Å². The Bertz CT molecular complexity index is 1130. The summed E-state index contributed by atoms with van der Waals surface area (Å²) >= 11 is 0. The van der Waals surface area contributed by atoms with E-state index in [2.05, 4.69) is 5.10 Å². The molecule has 1 aliphatic heterocycles. The van der Waals surface area contributed by atoms with E-state index in [0.29, 0.717) is 36.7 Å². The fourth-order valence-electron chi connectivity index (χ4n) is 4.18. The quantitative estimate of drug-likeness (QED) is 0.470. The molecule has 200 valence electrons. The monoisotopic (exact) mass is 513 g/mol. The summed E-state index contributed by atoms with van der Waals surface area (Å²) in [6.45, 7) is 6.38. The van der Waals surface area contributed by atoms with E-state index in [1.165, 1.54) is 22.0 Å². The molecule has 1 heterocycles. The molecule has 0 saturated heterocycles. The van der Waals surface area contributed by atoms with Crippen molar-refractivity contribution < 1.29 is 28.2 Å². The molecule has 1 aliphatic rings. The molecule has 0 N–H and O–H groups in total. The van der Waals surface area contributed by atoms with Crippen molar-refractivity contribution in [3.05, 3.63) is 59.4 Å². The van der Waals surface area contributed by atoms with Crippen LogP contribution in [0.4, 0.5) is 4.39 Å². The van der Waals surface area contributed by atoms with Crippen LogP contribution in [-0.4, -0.2) is 68.5 Å². The largest absolute Gasteiger partial charge is 0.497 e. The maximum absolute atomic E-state index is 13.7. The van der Waals surface area contributed by atoms with E-state index in [9.17, 15) is 14.0 Å². The molecule has 3 rings (SSSR count). The van der Waals surface area contributed by atoms with E-state index in [0.717, 1.165) is 11.1 Å². The molecule has 0 fully saturated rings. The molecular weight excluding hydrogens is 477 g/mol. The van der Waals surface area contributed by atoms with Crippen LogP contribution in [0.3, 0.4) is 0 Å². The van der Waals surface area contributed by atoms with Crippen molar-refractivity contribution in [1.82, 2.24) is 9.91 Å². The average Bonchev–Trinajstić information content (AvgIpc) is 3.30. The number of carbonyl (C=O) groups is 2. The van der Waals surface area contributed by atoms with Crippen LogP contribution < -0.4 is 9.47 Å². The number of nitrogens with zero attached hydrogens (tertiary/aromatic N) is 3. The van der Waals surface area contributed by atoms with E-state index in [1.54, 1.807) is 45.6 Å². The molecule has 0 aromatic heterocycles. The highest BCUT2D eigenvalue weighted by atomic mass is 19.1. The van der Waals surface area contributed by atoms with Gasteiger partial charge in [0.1, 0.15) is 23.9 Å². The first-order valence-electron chi connectivity index (χ1n) is 12.2. The van der Waals surface area contributed by atoms with Crippen LogP contribution in [0.2, 0.25) is 0 Å². The Kier molecular flexibility index (Phi) is 9.26. The fraction of sp³-hybridized carbons (Fsp3) is 0.464. The minimum absolute atomic E-state index is 0.128. The highest BCUT2D eigenvalue weighted by Gasteiger charge is 2.35. The average molecular weight is 514 g/mol. The van der Waals surface area contributed by atoms with Gasteiger partial charge in [0.2, 0.25) is 5.91 Å². The number of rotatable bonds is 10. The van der Waals surface area contributed by atoms with Crippen LogP contribution >= 0.6 is 0 Å². The van der Waals surface area contributed by atoms with Gasteiger partial charge in [-0.1, -0.05) is 32.9 Å². The van der Waals surface area contributed by atoms with Gasteiger partial charge in [0.05, 0.1) is 32.6 Å². The lowest BCUT2D eigenvalue weighted by Crippen LogP contribution is -2.43. The minimum Gasteiger partial charge on any atom is -0.497 e. The molecule has 2 aromatic carbocycles. The first-order valence-corrected chi connectivity index (χ1v) is 12.2. The van der Waals surface area contributed by atoms with Gasteiger partial charge >= 0.3 is 0 Å². The zero-order valence-corrected chi connectivity index (χ0v) is 22.4. The predicted octanol–water partition coefficient (Wildman–Crippen LogP) is 4.43. The summed E-state index contributed by atoms with van der Waals surface area (Å²) in [5, 5.41) is 6.09. The number of benzene rings is 2. The third-order valence-electron chi connectivity index (χ3n) is 6.07. The highest BCUT2D eigenvalue weighted by Crippen LogP contribution is 2.36. The lowest BCUT2D eigenvalue weighted by atomic mass is 9.91. The van der Waals surface area contributed by atoms with E-state index in [4.69, 9.17) is 14.2 Å². The Labute approximate surface area is 218 Å². The molecular formula is C28H36FN3O5. The minimum atomic E-state index is -0.461. The van der Waals surface area contributed by atoms with Crippen molar-refractivity contribution in [3.63, 3.8) is 0 Å². The lowest BCUT2D eigenvalue weighted by Gasteiger charge is -2.29. The van der Waals surface area contributed by atoms with Gasteiger partial charge in [-0.25, -0.2) is 9.40 Å². The Balaban J connectivity index is 1.95. The van der Waals surface area contributed by atoms with Crippen molar-refractivity contribution in [2.24, 2.45) is 10.5 Å². The standard InChI is InChI=1S/C28H36FN3O5/c1-28(2,3)17-26(33)31(13-14-35-4)18-27(34)32-24(19-7-9-20(29)10-8-19)16-23(30-32)22-12-11-21(36-5)15-25(22)37-6/h7-12,15,24H,13-14,16-18H2,1-6H3. The second-order valence-corrected chi connectivity index (χ2v) is 10.2. The number of ether oxygens (including phenoxy) is 3. The summed E-state index contributed by atoms with van der Waals surface area (Å²) in [6.07, 6.45) is 0.691. The van der Waals surface area contributed by atoms with Gasteiger partial charge in [-0.2, -0.15) is 5.10 Å². The number of amides is 2. The van der Waals surface area contributed by atoms with Gasteiger partial charge in [0, 0.05) is 38.1 Å². The van der Waals surface area contributed by atoms with Gasteiger partial charge in [0.15, 0.2) is 0 Å². The van der Waals surface area contributed by atoms with Crippen LogP contribution in [0.1, 0.15) is 50.8 Å². The zero-order chi connectivity index (χ0) is 27.2. The Morgan fingerprint density at radius 1 is 1.08 bits per heavy atom. The molecule has 1 unspecified atom stereocenters. The van der Waals surface area contributed by atoms with Crippen molar-refractivity contribution in [2.75, 3.05) is 41.0 Å². The van der Waals surface area contributed by atoms with Crippen LogP contribution in [0.15, 0.2) is 47.6 Å². The van der Waals surface area contributed by atoms with Crippen molar-refractivity contribution >= 4 is 17.5 Å². The first kappa shape index (κ1) is 28.1. The molecule has 2 amide bonds. The SMILES string of the molecule is COCCN(CC(=O)N1N=C(c2ccc(OC)cc2OC)CC1c1ccc(F)cc1)C(=O)CC(C)(C)C. The van der Waals surface area contributed by atoms with Crippen molar-refractivity contribution in [2.45, 2.75) is 39.7 Å². The highest BCUT2D eigenvalue weighted by molar-refractivity contribution is 6.05. The summed E-state index contributed by atoms with van der Waals surface area (Å²) in [4.78, 5) is 28.2. The van der Waals surface area contributed by atoms with Crippen LogP contribution in [0.25, 0.3) is 0 Å². The zero-order valence-electron chi connectivity index (χ0n) is 22.4. The van der Waals surface area contributed by atoms with E-state index in [-0.39, 0.29) is 36.1 Å². The second kappa shape index (κ2) is 12.2. The number of hydrogen-bond donors (Lipinski definition) is 0. The van der Waals surface area contributed by atoms with Crippen molar-refractivity contribution in [1.29, 1.82) is 0 Å². The molecule has 0 radical (unpaired) electrons. The number of carbonyl (C=O) groups excluding carboxylic acids is 2. The molecule has 9 heteroatoms. The van der Waals surface area contributed by atoms with Crippen LogP contribution in [-0.2, 0) is 14.3 Å². The molecule has 1 atom stereocenters. The molecule has 0 aliphatic carbocycles. The van der Waals surface area contributed by atoms with E-state index < -0.39 is 6.04 Å². The van der Waals surface area contributed by atoms with Gasteiger partial charge in [0.25, 0.3) is 5.91 Å². The maximum Gasteiger partial charge on any atom is 0.262 e. The van der Waals surface area contributed by atoms with Crippen LogP contribution in [0.5, 0.6) is 11.5 Å². The molecule has 0 saturated carbocycles.